The maximum Gasteiger partial charge on any atom is 0.241 e. The fraction of sp³-hybridized carbons (Fsp3) is 0.579. The Morgan fingerprint density at radius 1 is 1.20 bits per heavy atom. The van der Waals surface area contributed by atoms with Gasteiger partial charge in [-0.25, -0.2) is 0 Å². The van der Waals surface area contributed by atoms with Crippen molar-refractivity contribution < 1.29 is 9.53 Å². The zero-order chi connectivity index (χ0) is 17.6. The number of aliphatic imine (C=N–C) groups is 1. The molecule has 1 atom stereocenters. The molecule has 0 radical (unpaired) electrons. The predicted molar refractivity (Wildman–Crippen MR) is 99.1 cm³/mol. The van der Waals surface area contributed by atoms with Crippen molar-refractivity contribution in [2.45, 2.75) is 25.2 Å². The molecule has 1 N–H and O–H groups in total. The maximum absolute atomic E-state index is 12.2. The first kappa shape index (κ1) is 17.6. The molecule has 1 amide bonds. The van der Waals surface area contributed by atoms with E-state index in [2.05, 4.69) is 27.3 Å². The van der Waals surface area contributed by atoms with E-state index in [9.17, 15) is 4.79 Å². The molecule has 0 aromatic heterocycles. The number of methoxy groups -OCH3 is 1. The van der Waals surface area contributed by atoms with E-state index in [4.69, 9.17) is 4.74 Å². The van der Waals surface area contributed by atoms with Gasteiger partial charge in [0.1, 0.15) is 5.75 Å². The third-order valence-corrected chi connectivity index (χ3v) is 5.14. The molecule has 6 nitrogen and oxygen atoms in total. The molecule has 2 saturated heterocycles. The minimum Gasteiger partial charge on any atom is -0.497 e. The number of nitrogens with zero attached hydrogens (tertiary/aromatic N) is 3. The molecule has 6 heteroatoms. The summed E-state index contributed by atoms with van der Waals surface area (Å²) in [7, 11) is 3.47. The molecule has 136 valence electrons. The lowest BCUT2D eigenvalue weighted by Crippen LogP contribution is -2.45. The fourth-order valence-corrected chi connectivity index (χ4v) is 3.67. The largest absolute Gasteiger partial charge is 0.497 e. The summed E-state index contributed by atoms with van der Waals surface area (Å²) in [4.78, 5) is 20.7. The Balaban J connectivity index is 1.52. The number of hydrogen-bond acceptors (Lipinski definition) is 3. The second-order valence-electron chi connectivity index (χ2n) is 6.69. The van der Waals surface area contributed by atoms with Crippen LogP contribution in [0, 0.1) is 0 Å². The lowest BCUT2D eigenvalue weighted by atomic mass is 9.98. The zero-order valence-electron chi connectivity index (χ0n) is 15.2. The van der Waals surface area contributed by atoms with E-state index < -0.39 is 0 Å². The lowest BCUT2D eigenvalue weighted by molar-refractivity contribution is -0.128. The van der Waals surface area contributed by atoms with E-state index in [1.165, 1.54) is 5.56 Å². The molecule has 25 heavy (non-hydrogen) atoms. The van der Waals surface area contributed by atoms with Gasteiger partial charge in [0, 0.05) is 39.1 Å². The van der Waals surface area contributed by atoms with Gasteiger partial charge in [-0.15, -0.1) is 0 Å². The fourth-order valence-electron chi connectivity index (χ4n) is 3.67. The summed E-state index contributed by atoms with van der Waals surface area (Å²) in [6.45, 7) is 3.99. The zero-order valence-corrected chi connectivity index (χ0v) is 15.2. The van der Waals surface area contributed by atoms with Crippen LogP contribution in [0.4, 0.5) is 0 Å². The van der Waals surface area contributed by atoms with Crippen LogP contribution < -0.4 is 10.1 Å². The summed E-state index contributed by atoms with van der Waals surface area (Å²) in [6, 6.07) is 8.31. The molecule has 3 rings (SSSR count). The van der Waals surface area contributed by atoms with Crippen LogP contribution in [0.1, 0.15) is 30.7 Å². The number of carbonyl (C=O) groups excluding carboxylic acids is 1. The van der Waals surface area contributed by atoms with Gasteiger partial charge in [0.25, 0.3) is 0 Å². The first-order valence-electron chi connectivity index (χ1n) is 9.08. The monoisotopic (exact) mass is 344 g/mol. The van der Waals surface area contributed by atoms with Crippen molar-refractivity contribution in [2.24, 2.45) is 4.99 Å². The quantitative estimate of drug-likeness (QED) is 0.667. The molecule has 1 unspecified atom stereocenters. The highest BCUT2D eigenvalue weighted by atomic mass is 16.5. The molecule has 0 bridgehead atoms. The third-order valence-electron chi connectivity index (χ3n) is 5.14. The van der Waals surface area contributed by atoms with Crippen LogP contribution in [0.2, 0.25) is 0 Å². The van der Waals surface area contributed by atoms with Crippen molar-refractivity contribution in [3.63, 3.8) is 0 Å². The number of rotatable bonds is 4. The van der Waals surface area contributed by atoms with Gasteiger partial charge in [0.05, 0.1) is 13.7 Å². The normalized spacial score (nSPS) is 20.9. The third kappa shape index (κ3) is 4.24. The number of carbonyl (C=O) groups is 1. The Hall–Kier alpha value is -2.24. The number of hydrogen-bond donors (Lipinski definition) is 1. The van der Waals surface area contributed by atoms with E-state index in [0.29, 0.717) is 12.5 Å². The van der Waals surface area contributed by atoms with E-state index in [0.717, 1.165) is 57.2 Å². The average molecular weight is 344 g/mol. The van der Waals surface area contributed by atoms with Crippen LogP contribution in [-0.2, 0) is 4.79 Å². The number of amides is 1. The van der Waals surface area contributed by atoms with Crippen molar-refractivity contribution in [1.82, 2.24) is 15.1 Å². The molecular formula is C19H28N4O2. The molecule has 2 aliphatic heterocycles. The minimum absolute atomic E-state index is 0.171. The lowest BCUT2D eigenvalue weighted by Gasteiger charge is -2.23. The predicted octanol–water partition coefficient (Wildman–Crippen LogP) is 1.68. The van der Waals surface area contributed by atoms with Crippen molar-refractivity contribution in [1.29, 1.82) is 0 Å². The molecule has 0 spiro atoms. The summed E-state index contributed by atoms with van der Waals surface area (Å²) in [5.74, 6) is 2.36. The van der Waals surface area contributed by atoms with Gasteiger partial charge in [0.15, 0.2) is 5.96 Å². The van der Waals surface area contributed by atoms with Crippen molar-refractivity contribution in [3.8, 4) is 5.75 Å². The summed E-state index contributed by atoms with van der Waals surface area (Å²) in [5.41, 5.74) is 1.33. The molecule has 2 aliphatic rings. The molecule has 0 aliphatic carbocycles. The molecule has 0 saturated carbocycles. The van der Waals surface area contributed by atoms with Gasteiger partial charge in [-0.2, -0.15) is 0 Å². The number of ether oxygens (including phenoxy) is 1. The standard InChI is InChI=1S/C19H28N4O2/c1-20-19(21-13-18(24)22-10-3-4-11-22)23-12-9-16(14-23)15-5-7-17(25-2)8-6-15/h5-8,16H,3-4,9-14H2,1-2H3,(H,20,21). The Morgan fingerprint density at radius 2 is 1.92 bits per heavy atom. The minimum atomic E-state index is 0.171. The second kappa shape index (κ2) is 8.23. The van der Waals surface area contributed by atoms with E-state index in [1.54, 1.807) is 14.2 Å². The Kier molecular flexibility index (Phi) is 5.79. The van der Waals surface area contributed by atoms with Crippen LogP contribution in [0.25, 0.3) is 0 Å². The van der Waals surface area contributed by atoms with Crippen molar-refractivity contribution in [3.05, 3.63) is 29.8 Å². The first-order chi connectivity index (χ1) is 12.2. The van der Waals surface area contributed by atoms with Crippen LogP contribution in [-0.4, -0.2) is 68.5 Å². The maximum atomic E-state index is 12.2. The van der Waals surface area contributed by atoms with Crippen LogP contribution >= 0.6 is 0 Å². The molecular weight excluding hydrogens is 316 g/mol. The summed E-state index contributed by atoms with van der Waals surface area (Å²) >= 11 is 0. The van der Waals surface area contributed by atoms with Crippen LogP contribution in [0.5, 0.6) is 5.75 Å². The van der Waals surface area contributed by atoms with Crippen molar-refractivity contribution in [2.75, 3.05) is 46.9 Å². The smallest absolute Gasteiger partial charge is 0.241 e. The number of nitrogens with one attached hydrogen (secondary N) is 1. The van der Waals surface area contributed by atoms with Gasteiger partial charge >= 0.3 is 0 Å². The van der Waals surface area contributed by atoms with Gasteiger partial charge in [-0.3, -0.25) is 9.79 Å². The van der Waals surface area contributed by atoms with Gasteiger partial charge in [-0.05, 0) is 37.0 Å². The Labute approximate surface area is 149 Å². The van der Waals surface area contributed by atoms with Crippen LogP contribution in [0.15, 0.2) is 29.3 Å². The Bertz CT molecular complexity index is 608. The summed E-state index contributed by atoms with van der Waals surface area (Å²) in [5, 5.41) is 3.24. The number of likely N-dealkylation sites (tertiary alicyclic amines) is 2. The molecule has 1 aromatic carbocycles. The molecule has 1 aromatic rings. The summed E-state index contributed by atoms with van der Waals surface area (Å²) < 4.78 is 5.23. The van der Waals surface area contributed by atoms with Gasteiger partial charge in [0.2, 0.25) is 5.91 Å². The summed E-state index contributed by atoms with van der Waals surface area (Å²) in [6.07, 6.45) is 3.33. The highest BCUT2D eigenvalue weighted by molar-refractivity contribution is 5.86. The highest BCUT2D eigenvalue weighted by Gasteiger charge is 2.27. The van der Waals surface area contributed by atoms with Gasteiger partial charge in [-0.1, -0.05) is 12.1 Å². The molecule has 2 fully saturated rings. The second-order valence-corrected chi connectivity index (χ2v) is 6.69. The SMILES string of the molecule is CN=C(NCC(=O)N1CCCC1)N1CCC(c2ccc(OC)cc2)C1. The van der Waals surface area contributed by atoms with Crippen molar-refractivity contribution >= 4 is 11.9 Å². The van der Waals surface area contributed by atoms with E-state index in [-0.39, 0.29) is 5.91 Å². The molecule has 2 heterocycles. The van der Waals surface area contributed by atoms with E-state index >= 15 is 0 Å². The average Bonchev–Trinajstić information content (AvgIpc) is 3.34. The highest BCUT2D eigenvalue weighted by Crippen LogP contribution is 2.28. The first-order valence-corrected chi connectivity index (χ1v) is 9.08. The Morgan fingerprint density at radius 3 is 2.56 bits per heavy atom. The number of guanidine groups is 1. The topological polar surface area (TPSA) is 57.2 Å². The van der Waals surface area contributed by atoms with E-state index in [1.807, 2.05) is 17.0 Å². The van der Waals surface area contributed by atoms with Crippen LogP contribution in [0.3, 0.4) is 0 Å². The van der Waals surface area contributed by atoms with Gasteiger partial charge < -0.3 is 19.9 Å². The number of benzene rings is 1.